The maximum atomic E-state index is 10.5. The first kappa shape index (κ1) is 12.8. The minimum absolute atomic E-state index is 0.0934. The molecule has 16 heavy (non-hydrogen) atoms. The highest BCUT2D eigenvalue weighted by Gasteiger charge is 2.08. The van der Waals surface area contributed by atoms with Crippen molar-refractivity contribution in [3.63, 3.8) is 0 Å². The van der Waals surface area contributed by atoms with E-state index in [9.17, 15) is 4.79 Å². The van der Waals surface area contributed by atoms with Gasteiger partial charge < -0.3 is 10.4 Å². The molecule has 3 nitrogen and oxygen atoms in total. The number of halogens is 1. The lowest BCUT2D eigenvalue weighted by atomic mass is 10.1. The van der Waals surface area contributed by atoms with Crippen LogP contribution in [-0.4, -0.2) is 17.6 Å². The van der Waals surface area contributed by atoms with Crippen molar-refractivity contribution < 1.29 is 9.90 Å². The maximum absolute atomic E-state index is 10.5. The summed E-state index contributed by atoms with van der Waals surface area (Å²) in [5, 5.41) is 12.6. The van der Waals surface area contributed by atoms with E-state index in [-0.39, 0.29) is 12.3 Å². The lowest BCUT2D eigenvalue weighted by Crippen LogP contribution is -2.15. The Balaban J connectivity index is 2.54. The third kappa shape index (κ3) is 3.74. The zero-order valence-electron chi connectivity index (χ0n) is 9.46. The van der Waals surface area contributed by atoms with Gasteiger partial charge in [-0.15, -0.1) is 0 Å². The van der Waals surface area contributed by atoms with Crippen molar-refractivity contribution in [2.45, 2.75) is 20.3 Å². The van der Waals surface area contributed by atoms with E-state index in [2.05, 4.69) is 5.32 Å². The SMILES string of the molecule is Cc1c(Cl)cccc1NCC(C)CC(=O)O. The molecule has 0 radical (unpaired) electrons. The highest BCUT2D eigenvalue weighted by molar-refractivity contribution is 6.31. The normalized spacial score (nSPS) is 12.2. The summed E-state index contributed by atoms with van der Waals surface area (Å²) < 4.78 is 0. The summed E-state index contributed by atoms with van der Waals surface area (Å²) in [6.07, 6.45) is 0.173. The molecule has 0 amide bonds. The number of hydrogen-bond acceptors (Lipinski definition) is 2. The molecule has 0 fully saturated rings. The molecule has 0 saturated carbocycles. The van der Waals surface area contributed by atoms with Crippen LogP contribution in [0.15, 0.2) is 18.2 Å². The van der Waals surface area contributed by atoms with E-state index in [1.807, 2.05) is 32.0 Å². The van der Waals surface area contributed by atoms with Crippen LogP contribution in [0, 0.1) is 12.8 Å². The van der Waals surface area contributed by atoms with E-state index in [1.165, 1.54) is 0 Å². The highest BCUT2D eigenvalue weighted by atomic mass is 35.5. The maximum Gasteiger partial charge on any atom is 0.303 e. The van der Waals surface area contributed by atoms with Gasteiger partial charge in [-0.1, -0.05) is 24.6 Å². The summed E-state index contributed by atoms with van der Waals surface area (Å²) in [6.45, 7) is 4.47. The van der Waals surface area contributed by atoms with Gasteiger partial charge in [0.2, 0.25) is 0 Å². The fraction of sp³-hybridized carbons (Fsp3) is 0.417. The Bertz CT molecular complexity index is 379. The van der Waals surface area contributed by atoms with Crippen LogP contribution >= 0.6 is 11.6 Å². The number of carbonyl (C=O) groups is 1. The number of carboxylic acid groups (broad SMARTS) is 1. The number of hydrogen-bond donors (Lipinski definition) is 2. The van der Waals surface area contributed by atoms with E-state index < -0.39 is 5.97 Å². The van der Waals surface area contributed by atoms with Gasteiger partial charge in [0, 0.05) is 23.7 Å². The Morgan fingerprint density at radius 1 is 1.56 bits per heavy atom. The van der Waals surface area contributed by atoms with E-state index in [1.54, 1.807) is 0 Å². The van der Waals surface area contributed by atoms with Crippen molar-refractivity contribution >= 4 is 23.3 Å². The fourth-order valence-electron chi connectivity index (χ4n) is 1.45. The van der Waals surface area contributed by atoms with Crippen LogP contribution in [0.25, 0.3) is 0 Å². The Morgan fingerprint density at radius 2 is 2.25 bits per heavy atom. The monoisotopic (exact) mass is 241 g/mol. The first-order valence-corrected chi connectivity index (χ1v) is 5.59. The molecule has 0 aliphatic carbocycles. The summed E-state index contributed by atoms with van der Waals surface area (Å²) in [5.41, 5.74) is 1.96. The van der Waals surface area contributed by atoms with Crippen LogP contribution in [0.1, 0.15) is 18.9 Å². The van der Waals surface area contributed by atoms with Gasteiger partial charge in [0.15, 0.2) is 0 Å². The van der Waals surface area contributed by atoms with Gasteiger partial charge in [-0.25, -0.2) is 0 Å². The van der Waals surface area contributed by atoms with E-state index in [0.29, 0.717) is 6.54 Å². The minimum atomic E-state index is -0.767. The predicted octanol–water partition coefficient (Wildman–Crippen LogP) is 3.17. The van der Waals surface area contributed by atoms with Gasteiger partial charge in [-0.3, -0.25) is 4.79 Å². The van der Waals surface area contributed by atoms with Gasteiger partial charge in [0.1, 0.15) is 0 Å². The lowest BCUT2D eigenvalue weighted by molar-refractivity contribution is -0.137. The van der Waals surface area contributed by atoms with Crippen molar-refractivity contribution in [1.82, 2.24) is 0 Å². The zero-order valence-corrected chi connectivity index (χ0v) is 10.2. The average molecular weight is 242 g/mol. The summed E-state index contributed by atoms with van der Waals surface area (Å²) >= 11 is 5.98. The third-order valence-corrected chi connectivity index (χ3v) is 2.84. The molecule has 1 aromatic carbocycles. The van der Waals surface area contributed by atoms with Gasteiger partial charge in [-0.05, 0) is 30.5 Å². The molecule has 0 aromatic heterocycles. The minimum Gasteiger partial charge on any atom is -0.481 e. The molecule has 0 bridgehead atoms. The number of aliphatic carboxylic acids is 1. The van der Waals surface area contributed by atoms with Gasteiger partial charge in [0.25, 0.3) is 0 Å². The Kier molecular flexibility index (Phi) is 4.62. The molecule has 1 aromatic rings. The van der Waals surface area contributed by atoms with Crippen molar-refractivity contribution in [3.8, 4) is 0 Å². The summed E-state index contributed by atoms with van der Waals surface area (Å²) in [5.74, 6) is -0.673. The van der Waals surface area contributed by atoms with Gasteiger partial charge in [-0.2, -0.15) is 0 Å². The number of benzene rings is 1. The largest absolute Gasteiger partial charge is 0.481 e. The van der Waals surface area contributed by atoms with Crippen molar-refractivity contribution in [2.24, 2.45) is 5.92 Å². The van der Waals surface area contributed by atoms with Crippen LogP contribution in [0.4, 0.5) is 5.69 Å². The molecule has 4 heteroatoms. The molecule has 0 aliphatic rings. The smallest absolute Gasteiger partial charge is 0.303 e. The molecule has 1 atom stereocenters. The van der Waals surface area contributed by atoms with Crippen molar-refractivity contribution in [3.05, 3.63) is 28.8 Å². The Morgan fingerprint density at radius 3 is 2.88 bits per heavy atom. The first-order valence-electron chi connectivity index (χ1n) is 5.21. The van der Waals surface area contributed by atoms with Crippen LogP contribution in [-0.2, 0) is 4.79 Å². The standard InChI is InChI=1S/C12H16ClNO2/c1-8(6-12(15)16)7-14-11-5-3-4-10(13)9(11)2/h3-5,8,14H,6-7H2,1-2H3,(H,15,16). The number of anilines is 1. The van der Waals surface area contributed by atoms with Crippen molar-refractivity contribution in [1.29, 1.82) is 0 Å². The Hall–Kier alpha value is -1.22. The van der Waals surface area contributed by atoms with Crippen molar-refractivity contribution in [2.75, 3.05) is 11.9 Å². The first-order chi connectivity index (χ1) is 7.50. The number of nitrogens with one attached hydrogen (secondary N) is 1. The van der Waals surface area contributed by atoms with Gasteiger partial charge in [0.05, 0.1) is 0 Å². The van der Waals surface area contributed by atoms with Crippen LogP contribution in [0.5, 0.6) is 0 Å². The molecule has 0 spiro atoms. The lowest BCUT2D eigenvalue weighted by Gasteiger charge is -2.14. The highest BCUT2D eigenvalue weighted by Crippen LogP contribution is 2.23. The molecule has 0 aliphatic heterocycles. The zero-order chi connectivity index (χ0) is 12.1. The molecular weight excluding hydrogens is 226 g/mol. The van der Waals surface area contributed by atoms with Crippen LogP contribution in [0.2, 0.25) is 5.02 Å². The quantitative estimate of drug-likeness (QED) is 0.833. The molecule has 0 saturated heterocycles. The van der Waals surface area contributed by atoms with E-state index in [4.69, 9.17) is 16.7 Å². The molecule has 88 valence electrons. The fourth-order valence-corrected chi connectivity index (χ4v) is 1.63. The molecule has 1 unspecified atom stereocenters. The Labute approximate surface area is 100 Å². The van der Waals surface area contributed by atoms with Gasteiger partial charge >= 0.3 is 5.97 Å². The second-order valence-electron chi connectivity index (χ2n) is 4.00. The summed E-state index contributed by atoms with van der Waals surface area (Å²) in [6, 6.07) is 5.65. The third-order valence-electron chi connectivity index (χ3n) is 2.43. The summed E-state index contributed by atoms with van der Waals surface area (Å²) in [7, 11) is 0. The average Bonchev–Trinajstić information content (AvgIpc) is 2.19. The number of carboxylic acids is 1. The molecular formula is C12H16ClNO2. The molecule has 2 N–H and O–H groups in total. The van der Waals surface area contributed by atoms with E-state index in [0.717, 1.165) is 16.3 Å². The topological polar surface area (TPSA) is 49.3 Å². The number of rotatable bonds is 5. The second-order valence-corrected chi connectivity index (χ2v) is 4.40. The van der Waals surface area contributed by atoms with E-state index >= 15 is 0 Å². The summed E-state index contributed by atoms with van der Waals surface area (Å²) in [4.78, 5) is 10.5. The van der Waals surface area contributed by atoms with Crippen LogP contribution < -0.4 is 5.32 Å². The van der Waals surface area contributed by atoms with Crippen LogP contribution in [0.3, 0.4) is 0 Å². The predicted molar refractivity (Wildman–Crippen MR) is 66.1 cm³/mol. The molecule has 1 rings (SSSR count). The second kappa shape index (κ2) is 5.75. The molecule has 0 heterocycles.